The van der Waals surface area contributed by atoms with Crippen LogP contribution in [0.4, 0.5) is 0 Å². The van der Waals surface area contributed by atoms with E-state index in [0.29, 0.717) is 25.1 Å². The molecule has 0 aromatic heterocycles. The molecule has 1 aromatic carbocycles. The zero-order valence-corrected chi connectivity index (χ0v) is 11.7. The highest BCUT2D eigenvalue weighted by Gasteiger charge is 2.27. The van der Waals surface area contributed by atoms with Crippen molar-refractivity contribution in [3.63, 3.8) is 0 Å². The molecule has 5 nitrogen and oxygen atoms in total. The lowest BCUT2D eigenvalue weighted by Gasteiger charge is -2.27. The number of rotatable bonds is 6. The molecule has 112 valence electrons. The third-order valence-electron chi connectivity index (χ3n) is 3.58. The number of likely N-dealkylation sites (N-methyl/N-ethyl adjacent to an activating group) is 1. The van der Waals surface area contributed by atoms with Gasteiger partial charge in [0, 0.05) is 24.9 Å². The van der Waals surface area contributed by atoms with Gasteiger partial charge in [-0.05, 0) is 18.2 Å². The molecule has 0 saturated heterocycles. The third-order valence-corrected chi connectivity index (χ3v) is 3.58. The van der Waals surface area contributed by atoms with E-state index >= 15 is 0 Å². The minimum atomic E-state index is -0.751. The first-order chi connectivity index (χ1) is 9.61. The summed E-state index contributed by atoms with van der Waals surface area (Å²) in [6, 6.07) is 5.64. The van der Waals surface area contributed by atoms with Crippen molar-refractivity contribution >= 4 is 0 Å². The van der Waals surface area contributed by atoms with E-state index in [0.717, 1.165) is 17.7 Å². The minimum Gasteiger partial charge on any atom is -0.491 e. The van der Waals surface area contributed by atoms with Gasteiger partial charge in [0.15, 0.2) is 0 Å². The van der Waals surface area contributed by atoms with Gasteiger partial charge in [0.2, 0.25) is 0 Å². The van der Waals surface area contributed by atoms with Crippen molar-refractivity contribution in [1.29, 1.82) is 0 Å². The monoisotopic (exact) mass is 281 g/mol. The molecule has 0 fully saturated rings. The minimum absolute atomic E-state index is 0.210. The predicted octanol–water partition coefficient (Wildman–Crippen LogP) is -0.144. The van der Waals surface area contributed by atoms with E-state index in [1.54, 1.807) is 0 Å². The summed E-state index contributed by atoms with van der Waals surface area (Å²) in [6.45, 7) is 3.49. The molecular formula is C15H23NO4. The molecule has 0 bridgehead atoms. The highest BCUT2D eigenvalue weighted by Crippen LogP contribution is 2.30. The van der Waals surface area contributed by atoms with Gasteiger partial charge in [-0.2, -0.15) is 0 Å². The fraction of sp³-hybridized carbons (Fsp3) is 0.600. The summed E-state index contributed by atoms with van der Waals surface area (Å²) >= 11 is 0. The molecule has 1 aliphatic rings. The standard InChI is InChI=1S/C15H23NO4/c1-2-16-8-11(17)9-20-15-5-3-4-10-6-13(18)14(19)7-12(10)15/h3-5,11,13-14,16-19H,2,6-9H2,1H3/t11?,13-,14+/m1/s1. The number of nitrogens with one attached hydrogen (secondary N) is 1. The first-order valence-corrected chi connectivity index (χ1v) is 7.10. The van der Waals surface area contributed by atoms with E-state index in [4.69, 9.17) is 4.74 Å². The van der Waals surface area contributed by atoms with Gasteiger partial charge in [-0.15, -0.1) is 0 Å². The highest BCUT2D eigenvalue weighted by atomic mass is 16.5. The summed E-state index contributed by atoms with van der Waals surface area (Å²) in [7, 11) is 0. The Labute approximate surface area is 119 Å². The number of benzene rings is 1. The second-order valence-corrected chi connectivity index (χ2v) is 5.21. The number of hydrogen-bond acceptors (Lipinski definition) is 5. The molecule has 1 aliphatic carbocycles. The molecule has 3 atom stereocenters. The van der Waals surface area contributed by atoms with E-state index in [2.05, 4.69) is 5.32 Å². The second kappa shape index (κ2) is 7.04. The number of hydrogen-bond donors (Lipinski definition) is 4. The second-order valence-electron chi connectivity index (χ2n) is 5.21. The molecule has 1 unspecified atom stereocenters. The maximum atomic E-state index is 9.78. The van der Waals surface area contributed by atoms with Gasteiger partial charge in [0.1, 0.15) is 18.5 Å². The molecule has 20 heavy (non-hydrogen) atoms. The summed E-state index contributed by atoms with van der Waals surface area (Å²) in [4.78, 5) is 0. The van der Waals surface area contributed by atoms with Gasteiger partial charge in [-0.25, -0.2) is 0 Å². The van der Waals surface area contributed by atoms with Crippen LogP contribution in [0, 0.1) is 0 Å². The normalized spacial score (nSPS) is 23.2. The number of aliphatic hydroxyl groups excluding tert-OH is 3. The average Bonchev–Trinajstić information content (AvgIpc) is 2.44. The van der Waals surface area contributed by atoms with Crippen LogP contribution in [-0.2, 0) is 12.8 Å². The fourth-order valence-electron chi connectivity index (χ4n) is 2.43. The zero-order valence-electron chi connectivity index (χ0n) is 11.7. The van der Waals surface area contributed by atoms with Gasteiger partial charge in [0.25, 0.3) is 0 Å². The van der Waals surface area contributed by atoms with Gasteiger partial charge in [-0.3, -0.25) is 0 Å². The molecule has 0 radical (unpaired) electrons. The predicted molar refractivity (Wildman–Crippen MR) is 75.9 cm³/mol. The zero-order chi connectivity index (χ0) is 14.5. The number of ether oxygens (including phenoxy) is 1. The Hall–Kier alpha value is -1.14. The number of aliphatic hydroxyl groups is 3. The van der Waals surface area contributed by atoms with Crippen LogP contribution in [-0.4, -0.2) is 53.3 Å². The van der Waals surface area contributed by atoms with E-state index in [9.17, 15) is 15.3 Å². The first kappa shape index (κ1) is 15.3. The van der Waals surface area contributed by atoms with E-state index < -0.39 is 18.3 Å². The quantitative estimate of drug-likeness (QED) is 0.583. The van der Waals surface area contributed by atoms with Crippen LogP contribution >= 0.6 is 0 Å². The Bertz CT molecular complexity index is 438. The van der Waals surface area contributed by atoms with E-state index in [-0.39, 0.29) is 6.61 Å². The summed E-state index contributed by atoms with van der Waals surface area (Å²) in [6.07, 6.45) is -1.20. The van der Waals surface area contributed by atoms with Crippen LogP contribution in [0.15, 0.2) is 18.2 Å². The molecule has 0 amide bonds. The molecule has 0 spiro atoms. The van der Waals surface area contributed by atoms with Gasteiger partial charge >= 0.3 is 0 Å². The van der Waals surface area contributed by atoms with Crippen LogP contribution in [0.5, 0.6) is 5.75 Å². The summed E-state index contributed by atoms with van der Waals surface area (Å²) < 4.78 is 5.66. The van der Waals surface area contributed by atoms with E-state index in [1.165, 1.54) is 0 Å². The Morgan fingerprint density at radius 2 is 2.05 bits per heavy atom. The molecule has 0 aliphatic heterocycles. The van der Waals surface area contributed by atoms with Crippen molar-refractivity contribution < 1.29 is 20.1 Å². The molecule has 1 aromatic rings. The van der Waals surface area contributed by atoms with Crippen molar-refractivity contribution in [2.24, 2.45) is 0 Å². The Balaban J connectivity index is 2.01. The summed E-state index contributed by atoms with van der Waals surface area (Å²) in [5, 5.41) is 32.3. The van der Waals surface area contributed by atoms with Gasteiger partial charge in [0.05, 0.1) is 12.2 Å². The van der Waals surface area contributed by atoms with Crippen molar-refractivity contribution in [3.05, 3.63) is 29.3 Å². The van der Waals surface area contributed by atoms with Crippen LogP contribution < -0.4 is 10.1 Å². The number of fused-ring (bicyclic) bond motifs is 1. The van der Waals surface area contributed by atoms with Crippen LogP contribution in [0.25, 0.3) is 0 Å². The van der Waals surface area contributed by atoms with Crippen LogP contribution in [0.2, 0.25) is 0 Å². The first-order valence-electron chi connectivity index (χ1n) is 7.10. The van der Waals surface area contributed by atoms with Crippen molar-refractivity contribution in [2.45, 2.75) is 38.1 Å². The lowest BCUT2D eigenvalue weighted by Crippen LogP contribution is -2.35. The molecule has 2 rings (SSSR count). The largest absolute Gasteiger partial charge is 0.491 e. The van der Waals surface area contributed by atoms with Crippen molar-refractivity contribution in [3.8, 4) is 5.75 Å². The lowest BCUT2D eigenvalue weighted by atomic mass is 9.87. The maximum absolute atomic E-state index is 9.78. The fourth-order valence-corrected chi connectivity index (χ4v) is 2.43. The molecule has 0 saturated carbocycles. The SMILES string of the molecule is CCNCC(O)COc1cccc2c1C[C@H](O)[C@H](O)C2. The average molecular weight is 281 g/mol. The van der Waals surface area contributed by atoms with Gasteiger partial charge in [-0.1, -0.05) is 19.1 Å². The van der Waals surface area contributed by atoms with Crippen LogP contribution in [0.1, 0.15) is 18.1 Å². The molecule has 4 N–H and O–H groups in total. The Kier molecular flexibility index (Phi) is 5.37. The van der Waals surface area contributed by atoms with Crippen molar-refractivity contribution in [2.75, 3.05) is 19.7 Å². The van der Waals surface area contributed by atoms with Crippen molar-refractivity contribution in [1.82, 2.24) is 5.32 Å². The Morgan fingerprint density at radius 3 is 2.80 bits per heavy atom. The third kappa shape index (κ3) is 3.70. The van der Waals surface area contributed by atoms with E-state index in [1.807, 2.05) is 25.1 Å². The lowest BCUT2D eigenvalue weighted by molar-refractivity contribution is 0.0132. The molecular weight excluding hydrogens is 258 g/mol. The molecule has 5 heteroatoms. The molecule has 0 heterocycles. The summed E-state index contributed by atoms with van der Waals surface area (Å²) in [5.41, 5.74) is 1.93. The topological polar surface area (TPSA) is 82.0 Å². The van der Waals surface area contributed by atoms with Crippen LogP contribution in [0.3, 0.4) is 0 Å². The Morgan fingerprint density at radius 1 is 1.30 bits per heavy atom. The highest BCUT2D eigenvalue weighted by molar-refractivity contribution is 5.43. The van der Waals surface area contributed by atoms with Gasteiger partial charge < -0.3 is 25.4 Å². The smallest absolute Gasteiger partial charge is 0.123 e. The summed E-state index contributed by atoms with van der Waals surface area (Å²) in [5.74, 6) is 0.684. The maximum Gasteiger partial charge on any atom is 0.123 e.